The number of amides is 1. The number of nitrogens with zero attached hydrogens (tertiary/aromatic N) is 4. The first-order valence-electron chi connectivity index (χ1n) is 11.2. The predicted molar refractivity (Wildman–Crippen MR) is 142 cm³/mol. The minimum Gasteiger partial charge on any atom is -0.397 e. The molecule has 0 unspecified atom stereocenters. The van der Waals surface area contributed by atoms with E-state index in [-0.39, 0.29) is 11.4 Å². The molecule has 1 amide bonds. The number of para-hydroxylation sites is 1. The maximum atomic E-state index is 14.0. The summed E-state index contributed by atoms with van der Waals surface area (Å²) in [6.45, 7) is 0.848. The largest absolute Gasteiger partial charge is 0.397 e. The van der Waals surface area contributed by atoms with Crippen LogP contribution in [0.2, 0.25) is 0 Å². The molecule has 0 aliphatic heterocycles. The van der Waals surface area contributed by atoms with E-state index in [0.717, 1.165) is 29.3 Å². The second-order valence-corrected chi connectivity index (χ2v) is 9.40. The third-order valence-corrected chi connectivity index (χ3v) is 6.28. The molecule has 0 atom stereocenters. The number of carbonyl (C=O) groups excluding carboxylic acids is 1. The van der Waals surface area contributed by atoms with Gasteiger partial charge in [-0.05, 0) is 68.2 Å². The lowest BCUT2D eigenvalue weighted by Crippen LogP contribution is -2.14. The van der Waals surface area contributed by atoms with Crippen LogP contribution in [0.15, 0.2) is 72.4 Å². The van der Waals surface area contributed by atoms with Gasteiger partial charge in [0.2, 0.25) is 0 Å². The number of hydrogen-bond acceptors (Lipinski definition) is 7. The molecule has 0 bridgehead atoms. The zero-order valence-electron chi connectivity index (χ0n) is 19.7. The lowest BCUT2D eigenvalue weighted by Gasteiger charge is -2.10. The number of halogens is 1. The fraction of sp³-hybridized carbons (Fsp3) is 0.115. The molecule has 36 heavy (non-hydrogen) atoms. The van der Waals surface area contributed by atoms with Crippen LogP contribution in [0.25, 0.3) is 17.0 Å². The minimum atomic E-state index is -0.582. The van der Waals surface area contributed by atoms with E-state index in [1.165, 1.54) is 35.1 Å². The van der Waals surface area contributed by atoms with Crippen molar-refractivity contribution >= 4 is 45.1 Å². The van der Waals surface area contributed by atoms with Gasteiger partial charge < -0.3 is 21.3 Å². The van der Waals surface area contributed by atoms with Crippen molar-refractivity contribution in [1.29, 1.82) is 0 Å². The Balaban J connectivity index is 1.28. The van der Waals surface area contributed by atoms with Crippen molar-refractivity contribution in [1.82, 2.24) is 19.3 Å². The van der Waals surface area contributed by atoms with Crippen LogP contribution < -0.4 is 16.4 Å². The third-order valence-electron chi connectivity index (χ3n) is 5.53. The maximum absolute atomic E-state index is 14.0. The number of nitrogens with one attached hydrogen (secondary N) is 2. The molecule has 0 aliphatic rings. The first kappa shape index (κ1) is 23.5. The Bertz CT molecular complexity index is 1520. The number of imidazole rings is 1. The number of pyridine rings is 1. The number of benzene rings is 2. The number of anilines is 4. The van der Waals surface area contributed by atoms with E-state index in [9.17, 15) is 9.18 Å². The molecule has 0 saturated carbocycles. The van der Waals surface area contributed by atoms with Crippen molar-refractivity contribution in [3.63, 3.8) is 0 Å². The van der Waals surface area contributed by atoms with Crippen molar-refractivity contribution in [3.8, 4) is 11.4 Å². The number of nitrogens with two attached hydrogens (primary N) is 1. The van der Waals surface area contributed by atoms with Crippen molar-refractivity contribution in [2.75, 3.05) is 30.5 Å². The Labute approximate surface area is 211 Å². The molecule has 4 N–H and O–H groups in total. The summed E-state index contributed by atoms with van der Waals surface area (Å²) in [4.78, 5) is 23.9. The fourth-order valence-corrected chi connectivity index (χ4v) is 4.54. The number of thiazole rings is 1. The van der Waals surface area contributed by atoms with Gasteiger partial charge in [-0.25, -0.2) is 14.4 Å². The van der Waals surface area contributed by atoms with Gasteiger partial charge in [0.1, 0.15) is 22.8 Å². The van der Waals surface area contributed by atoms with E-state index in [2.05, 4.69) is 32.7 Å². The molecular weight excluding hydrogens is 477 g/mol. The number of rotatable bonds is 7. The number of nitrogen functional groups attached to an aromatic ring is 1. The average molecular weight is 502 g/mol. The van der Waals surface area contributed by atoms with Gasteiger partial charge in [0.05, 0.1) is 17.6 Å². The van der Waals surface area contributed by atoms with Gasteiger partial charge in [-0.1, -0.05) is 6.07 Å². The third kappa shape index (κ3) is 4.90. The molecule has 2 aromatic carbocycles. The second-order valence-electron chi connectivity index (χ2n) is 8.54. The van der Waals surface area contributed by atoms with Crippen molar-refractivity contribution < 1.29 is 9.18 Å². The summed E-state index contributed by atoms with van der Waals surface area (Å²) in [5, 5.41) is 8.47. The summed E-state index contributed by atoms with van der Waals surface area (Å²) in [7, 11) is 4.07. The zero-order valence-corrected chi connectivity index (χ0v) is 20.5. The quantitative estimate of drug-likeness (QED) is 0.264. The highest BCUT2D eigenvalue weighted by molar-refractivity contribution is 7.14. The van der Waals surface area contributed by atoms with Gasteiger partial charge in [0, 0.05) is 29.4 Å². The van der Waals surface area contributed by atoms with E-state index in [1.54, 1.807) is 24.3 Å². The minimum absolute atomic E-state index is 0.0265. The summed E-state index contributed by atoms with van der Waals surface area (Å²) in [6.07, 6.45) is 3.84. The summed E-state index contributed by atoms with van der Waals surface area (Å²) in [5.74, 6) is -1.03. The number of fused-ring (bicyclic) bond motifs is 1. The SMILES string of the molecule is CN(C)Cc1ccn2c(-c3csc(Nc4ccc(C(=O)Nc5c(N)cccc5F)cc4)n3)cnc2c1. The molecule has 5 aromatic rings. The number of carbonyl (C=O) groups is 1. The lowest BCUT2D eigenvalue weighted by molar-refractivity contribution is 0.102. The molecular formula is C26H24FN7OS. The monoisotopic (exact) mass is 501 g/mol. The van der Waals surface area contributed by atoms with Gasteiger partial charge in [0.15, 0.2) is 5.13 Å². The molecule has 0 saturated heterocycles. The molecule has 0 spiro atoms. The first-order valence-corrected chi connectivity index (χ1v) is 12.0. The second kappa shape index (κ2) is 9.76. The Hall–Kier alpha value is -4.28. The zero-order chi connectivity index (χ0) is 25.2. The molecule has 10 heteroatoms. The maximum Gasteiger partial charge on any atom is 0.255 e. The molecule has 0 radical (unpaired) electrons. The predicted octanol–water partition coefficient (Wildman–Crippen LogP) is 5.24. The van der Waals surface area contributed by atoms with E-state index < -0.39 is 11.7 Å². The lowest BCUT2D eigenvalue weighted by atomic mass is 10.2. The van der Waals surface area contributed by atoms with Crippen LogP contribution in [-0.4, -0.2) is 39.3 Å². The molecule has 5 rings (SSSR count). The van der Waals surface area contributed by atoms with Gasteiger partial charge in [0.25, 0.3) is 5.91 Å². The van der Waals surface area contributed by atoms with E-state index >= 15 is 0 Å². The summed E-state index contributed by atoms with van der Waals surface area (Å²) >= 11 is 1.47. The van der Waals surface area contributed by atoms with Crippen LogP contribution in [0.5, 0.6) is 0 Å². The molecule has 3 aromatic heterocycles. The summed E-state index contributed by atoms with van der Waals surface area (Å²) in [6, 6.07) is 15.3. The highest BCUT2D eigenvalue weighted by Gasteiger charge is 2.13. The Kier molecular flexibility index (Phi) is 6.36. The Morgan fingerprint density at radius 3 is 2.72 bits per heavy atom. The van der Waals surface area contributed by atoms with Crippen LogP contribution >= 0.6 is 11.3 Å². The molecule has 182 valence electrons. The van der Waals surface area contributed by atoms with Crippen LogP contribution in [0, 0.1) is 5.82 Å². The molecule has 0 fully saturated rings. The molecule has 3 heterocycles. The first-order chi connectivity index (χ1) is 17.4. The highest BCUT2D eigenvalue weighted by atomic mass is 32.1. The van der Waals surface area contributed by atoms with Crippen LogP contribution in [0.4, 0.5) is 26.6 Å². The van der Waals surface area contributed by atoms with E-state index in [0.29, 0.717) is 10.7 Å². The number of hydrogen-bond donors (Lipinski definition) is 3. The molecule has 0 aliphatic carbocycles. The van der Waals surface area contributed by atoms with Gasteiger partial charge in [-0.3, -0.25) is 9.20 Å². The van der Waals surface area contributed by atoms with Gasteiger partial charge >= 0.3 is 0 Å². The molecule has 8 nitrogen and oxygen atoms in total. The highest BCUT2D eigenvalue weighted by Crippen LogP contribution is 2.28. The van der Waals surface area contributed by atoms with Crippen molar-refractivity contribution in [2.45, 2.75) is 6.54 Å². The summed E-state index contributed by atoms with van der Waals surface area (Å²) in [5.41, 5.74) is 10.8. The summed E-state index contributed by atoms with van der Waals surface area (Å²) < 4.78 is 16.0. The smallest absolute Gasteiger partial charge is 0.255 e. The fourth-order valence-electron chi connectivity index (χ4n) is 3.81. The van der Waals surface area contributed by atoms with Gasteiger partial charge in [-0.2, -0.15) is 0 Å². The number of aromatic nitrogens is 3. The van der Waals surface area contributed by atoms with Crippen LogP contribution in [0.3, 0.4) is 0 Å². The Morgan fingerprint density at radius 1 is 1.17 bits per heavy atom. The average Bonchev–Trinajstić information content (AvgIpc) is 3.48. The standard InChI is InChI=1S/C26H24FN7OS/c1-33(2)14-16-10-11-34-22(13-29-23(34)12-16)21-15-36-26(31-21)30-18-8-6-17(7-9-18)25(35)32-24-19(27)4-3-5-20(24)28/h3-13,15H,14,28H2,1-2H3,(H,30,31)(H,32,35). The van der Waals surface area contributed by atoms with Crippen LogP contribution in [-0.2, 0) is 6.54 Å². The van der Waals surface area contributed by atoms with E-state index in [4.69, 9.17) is 10.7 Å². The van der Waals surface area contributed by atoms with E-state index in [1.807, 2.05) is 36.3 Å². The van der Waals surface area contributed by atoms with Crippen molar-refractivity contribution in [3.05, 3.63) is 89.3 Å². The van der Waals surface area contributed by atoms with Crippen molar-refractivity contribution in [2.24, 2.45) is 0 Å². The van der Waals surface area contributed by atoms with Gasteiger partial charge in [-0.15, -0.1) is 11.3 Å². The Morgan fingerprint density at radius 2 is 1.97 bits per heavy atom. The topological polar surface area (TPSA) is 101 Å². The van der Waals surface area contributed by atoms with Crippen LogP contribution in [0.1, 0.15) is 15.9 Å². The normalized spacial score (nSPS) is 11.2.